The van der Waals surface area contributed by atoms with Crippen molar-refractivity contribution in [3.63, 3.8) is 0 Å². The van der Waals surface area contributed by atoms with Crippen LogP contribution in [0.1, 0.15) is 10.4 Å². The zero-order valence-electron chi connectivity index (χ0n) is 11.4. The molecule has 0 unspecified atom stereocenters. The largest absolute Gasteiger partial charge is 0.337 e. The third-order valence-electron chi connectivity index (χ3n) is 3.47. The third kappa shape index (κ3) is 2.99. The molecule has 0 aliphatic carbocycles. The Morgan fingerprint density at radius 3 is 2.43 bits per heavy atom. The topological polar surface area (TPSA) is 49.3 Å². The summed E-state index contributed by atoms with van der Waals surface area (Å²) in [5.74, 6) is 0.149. The predicted molar refractivity (Wildman–Crippen MR) is 76.5 cm³/mol. The van der Waals surface area contributed by atoms with Gasteiger partial charge in [0.2, 0.25) is 5.95 Å². The van der Waals surface area contributed by atoms with E-state index in [4.69, 9.17) is 0 Å². The molecule has 2 heterocycles. The molecular weight excluding hydrogens is 271 g/mol. The van der Waals surface area contributed by atoms with Crippen LogP contribution in [0.3, 0.4) is 0 Å². The molecule has 0 saturated carbocycles. The molecule has 0 radical (unpaired) electrons. The fourth-order valence-corrected chi connectivity index (χ4v) is 2.37. The molecule has 3 rings (SSSR count). The number of piperazine rings is 1. The first-order valence-electron chi connectivity index (χ1n) is 6.81. The molecule has 1 aliphatic heterocycles. The zero-order chi connectivity index (χ0) is 14.7. The van der Waals surface area contributed by atoms with E-state index in [1.165, 1.54) is 12.1 Å². The van der Waals surface area contributed by atoms with Gasteiger partial charge >= 0.3 is 0 Å². The number of halogens is 1. The average Bonchev–Trinajstić information content (AvgIpc) is 2.55. The molecule has 1 fully saturated rings. The Morgan fingerprint density at radius 1 is 1.05 bits per heavy atom. The number of hydrogen-bond donors (Lipinski definition) is 0. The molecule has 2 aromatic rings. The first kappa shape index (κ1) is 13.5. The number of aromatic nitrogens is 2. The Bertz CT molecular complexity index is 627. The van der Waals surface area contributed by atoms with Crippen molar-refractivity contribution in [2.75, 3.05) is 31.1 Å². The number of amides is 1. The molecule has 1 saturated heterocycles. The summed E-state index contributed by atoms with van der Waals surface area (Å²) in [5, 5.41) is 0. The second-order valence-corrected chi connectivity index (χ2v) is 4.84. The molecule has 0 atom stereocenters. The minimum Gasteiger partial charge on any atom is -0.337 e. The highest BCUT2D eigenvalue weighted by atomic mass is 19.1. The van der Waals surface area contributed by atoms with Crippen LogP contribution in [0.4, 0.5) is 10.3 Å². The maximum atomic E-state index is 13.2. The lowest BCUT2D eigenvalue weighted by atomic mass is 10.2. The fraction of sp³-hybridized carbons (Fsp3) is 0.267. The maximum absolute atomic E-state index is 13.2. The number of nitrogens with zero attached hydrogens (tertiary/aromatic N) is 4. The van der Waals surface area contributed by atoms with E-state index in [-0.39, 0.29) is 5.91 Å². The smallest absolute Gasteiger partial charge is 0.254 e. The summed E-state index contributed by atoms with van der Waals surface area (Å²) < 4.78 is 13.2. The fourth-order valence-electron chi connectivity index (χ4n) is 2.37. The van der Waals surface area contributed by atoms with E-state index in [2.05, 4.69) is 9.97 Å². The molecule has 108 valence electrons. The van der Waals surface area contributed by atoms with Crippen LogP contribution in [0.15, 0.2) is 42.7 Å². The van der Waals surface area contributed by atoms with Gasteiger partial charge in [-0.15, -0.1) is 0 Å². The standard InChI is InChI=1S/C15H15FN4O/c16-13-4-1-3-12(11-13)14(21)19-7-9-20(10-8-19)15-17-5-2-6-18-15/h1-6,11H,7-10H2. The molecule has 21 heavy (non-hydrogen) atoms. The summed E-state index contributed by atoms with van der Waals surface area (Å²) in [6, 6.07) is 7.57. The van der Waals surface area contributed by atoms with Gasteiger partial charge in [-0.1, -0.05) is 6.07 Å². The van der Waals surface area contributed by atoms with Crippen LogP contribution >= 0.6 is 0 Å². The van der Waals surface area contributed by atoms with Gasteiger partial charge in [-0.25, -0.2) is 14.4 Å². The summed E-state index contributed by atoms with van der Waals surface area (Å²) >= 11 is 0. The number of rotatable bonds is 2. The minimum absolute atomic E-state index is 0.136. The van der Waals surface area contributed by atoms with Crippen LogP contribution in [-0.4, -0.2) is 47.0 Å². The molecule has 1 aromatic carbocycles. The van der Waals surface area contributed by atoms with Gasteiger partial charge in [-0.2, -0.15) is 0 Å². The lowest BCUT2D eigenvalue weighted by Crippen LogP contribution is -2.49. The molecule has 0 spiro atoms. The van der Waals surface area contributed by atoms with Crippen molar-refractivity contribution in [2.24, 2.45) is 0 Å². The van der Waals surface area contributed by atoms with Gasteiger partial charge in [-0.3, -0.25) is 4.79 Å². The van der Waals surface area contributed by atoms with Crippen molar-refractivity contribution in [2.45, 2.75) is 0 Å². The predicted octanol–water partition coefficient (Wildman–Crippen LogP) is 1.58. The van der Waals surface area contributed by atoms with Crippen molar-refractivity contribution in [3.8, 4) is 0 Å². The molecular formula is C15H15FN4O. The van der Waals surface area contributed by atoms with E-state index in [1.54, 1.807) is 35.5 Å². The molecule has 0 bridgehead atoms. The zero-order valence-corrected chi connectivity index (χ0v) is 11.4. The number of hydrogen-bond acceptors (Lipinski definition) is 4. The Balaban J connectivity index is 1.64. The van der Waals surface area contributed by atoms with E-state index >= 15 is 0 Å². The van der Waals surface area contributed by atoms with Crippen LogP contribution in [0.25, 0.3) is 0 Å². The van der Waals surface area contributed by atoms with Gasteiger partial charge in [-0.05, 0) is 24.3 Å². The first-order valence-corrected chi connectivity index (χ1v) is 6.81. The average molecular weight is 286 g/mol. The number of carbonyl (C=O) groups excluding carboxylic acids is 1. The van der Waals surface area contributed by atoms with Crippen molar-refractivity contribution in [1.29, 1.82) is 0 Å². The summed E-state index contributed by atoms with van der Waals surface area (Å²) in [6.45, 7) is 2.50. The normalized spacial score (nSPS) is 15.1. The number of benzene rings is 1. The summed E-state index contributed by atoms with van der Waals surface area (Å²) in [4.78, 5) is 24.5. The highest BCUT2D eigenvalue weighted by Crippen LogP contribution is 2.13. The van der Waals surface area contributed by atoms with Crippen LogP contribution < -0.4 is 4.90 Å². The van der Waals surface area contributed by atoms with Crippen LogP contribution in [-0.2, 0) is 0 Å². The monoisotopic (exact) mass is 286 g/mol. The van der Waals surface area contributed by atoms with E-state index in [0.29, 0.717) is 37.7 Å². The van der Waals surface area contributed by atoms with Crippen LogP contribution in [0.2, 0.25) is 0 Å². The molecule has 1 aliphatic rings. The molecule has 5 nitrogen and oxygen atoms in total. The quantitative estimate of drug-likeness (QED) is 0.841. The molecule has 1 aromatic heterocycles. The highest BCUT2D eigenvalue weighted by molar-refractivity contribution is 5.94. The van der Waals surface area contributed by atoms with Gasteiger partial charge in [0.25, 0.3) is 5.91 Å². The SMILES string of the molecule is O=C(c1cccc(F)c1)N1CCN(c2ncccn2)CC1. The van der Waals surface area contributed by atoms with Crippen LogP contribution in [0.5, 0.6) is 0 Å². The Morgan fingerprint density at radius 2 is 1.76 bits per heavy atom. The van der Waals surface area contributed by atoms with Gasteiger partial charge in [0.05, 0.1) is 0 Å². The molecule has 6 heteroatoms. The van der Waals surface area contributed by atoms with Gasteiger partial charge in [0.15, 0.2) is 0 Å². The van der Waals surface area contributed by atoms with E-state index < -0.39 is 5.82 Å². The van der Waals surface area contributed by atoms with E-state index in [0.717, 1.165) is 0 Å². The Labute approximate surface area is 122 Å². The summed E-state index contributed by atoms with van der Waals surface area (Å²) in [7, 11) is 0. The van der Waals surface area contributed by atoms with E-state index in [9.17, 15) is 9.18 Å². The second kappa shape index (κ2) is 5.87. The highest BCUT2D eigenvalue weighted by Gasteiger charge is 2.23. The third-order valence-corrected chi connectivity index (χ3v) is 3.47. The van der Waals surface area contributed by atoms with Crippen molar-refractivity contribution >= 4 is 11.9 Å². The Kier molecular flexibility index (Phi) is 3.77. The number of carbonyl (C=O) groups is 1. The molecule has 0 N–H and O–H groups in total. The molecule has 1 amide bonds. The second-order valence-electron chi connectivity index (χ2n) is 4.84. The van der Waals surface area contributed by atoms with Crippen LogP contribution in [0, 0.1) is 5.82 Å². The van der Waals surface area contributed by atoms with Gasteiger partial charge in [0.1, 0.15) is 5.82 Å². The summed E-state index contributed by atoms with van der Waals surface area (Å²) in [5.41, 5.74) is 0.388. The van der Waals surface area contributed by atoms with Crippen molar-refractivity contribution in [3.05, 3.63) is 54.1 Å². The van der Waals surface area contributed by atoms with Gasteiger partial charge < -0.3 is 9.80 Å². The Hall–Kier alpha value is -2.50. The summed E-state index contributed by atoms with van der Waals surface area (Å²) in [6.07, 6.45) is 3.40. The van der Waals surface area contributed by atoms with Gasteiger partial charge in [0, 0.05) is 44.1 Å². The first-order chi connectivity index (χ1) is 10.2. The van der Waals surface area contributed by atoms with Crippen molar-refractivity contribution < 1.29 is 9.18 Å². The maximum Gasteiger partial charge on any atom is 0.254 e. The lowest BCUT2D eigenvalue weighted by Gasteiger charge is -2.34. The van der Waals surface area contributed by atoms with Crippen molar-refractivity contribution in [1.82, 2.24) is 14.9 Å². The lowest BCUT2D eigenvalue weighted by molar-refractivity contribution is 0.0745. The van der Waals surface area contributed by atoms with E-state index in [1.807, 2.05) is 4.90 Å². The minimum atomic E-state index is -0.392. The number of anilines is 1.